The van der Waals surface area contributed by atoms with Crippen LogP contribution in [0, 0.1) is 0 Å². The summed E-state index contributed by atoms with van der Waals surface area (Å²) < 4.78 is 42.1. The maximum atomic E-state index is 12.2. The molecule has 1 N–H and O–H groups in total. The molecule has 0 amide bonds. The van der Waals surface area contributed by atoms with Gasteiger partial charge in [0.1, 0.15) is 5.75 Å². The number of nitrogens with one attached hydrogen (secondary N) is 1. The molecule has 0 radical (unpaired) electrons. The topological polar surface area (TPSA) is 39.1 Å². The summed E-state index contributed by atoms with van der Waals surface area (Å²) in [5.41, 5.74) is 1.47. The van der Waals surface area contributed by atoms with Crippen LogP contribution in [0.5, 0.6) is 5.75 Å². The van der Waals surface area contributed by atoms with Crippen LogP contribution in [0.3, 0.4) is 0 Å². The van der Waals surface area contributed by atoms with Crippen LogP contribution in [0.4, 0.5) is 18.9 Å². The first-order valence-corrected chi connectivity index (χ1v) is 5.95. The Hall–Kier alpha value is -2.18. The summed E-state index contributed by atoms with van der Waals surface area (Å²) in [4.78, 5) is 0. The van der Waals surface area contributed by atoms with Gasteiger partial charge in [-0.15, -0.1) is 13.2 Å². The third-order valence-corrected chi connectivity index (χ3v) is 2.75. The highest BCUT2D eigenvalue weighted by Crippen LogP contribution is 2.26. The second kappa shape index (κ2) is 5.44. The lowest BCUT2D eigenvalue weighted by molar-refractivity contribution is -0.274. The van der Waals surface area contributed by atoms with Crippen LogP contribution in [-0.4, -0.2) is 16.1 Å². The summed E-state index contributed by atoms with van der Waals surface area (Å²) in [7, 11) is 1.80. The predicted molar refractivity (Wildman–Crippen MR) is 68.4 cm³/mol. The first-order chi connectivity index (χ1) is 9.35. The fourth-order valence-electron chi connectivity index (χ4n) is 1.92. The molecule has 1 unspecified atom stereocenters. The maximum Gasteiger partial charge on any atom is 0.573 e. The van der Waals surface area contributed by atoms with Crippen molar-refractivity contribution in [3.8, 4) is 5.75 Å². The predicted octanol–water partition coefficient (Wildman–Crippen LogP) is 3.49. The molecular formula is C13H14F3N3O. The molecular weight excluding hydrogens is 271 g/mol. The molecule has 1 heterocycles. The standard InChI is InChI=1S/C13H14F3N3O/c1-9(12-6-7-17-19(12)2)18-10-4-3-5-11(8-10)20-13(14,15)16/h3-9,18H,1-2H3. The monoisotopic (exact) mass is 285 g/mol. The van der Waals surface area contributed by atoms with Gasteiger partial charge in [0.25, 0.3) is 0 Å². The molecule has 0 saturated heterocycles. The molecule has 20 heavy (non-hydrogen) atoms. The van der Waals surface area contributed by atoms with Crippen LogP contribution in [0.2, 0.25) is 0 Å². The van der Waals surface area contributed by atoms with E-state index in [0.717, 1.165) is 5.69 Å². The van der Waals surface area contributed by atoms with Crippen molar-refractivity contribution >= 4 is 5.69 Å². The number of aryl methyl sites for hydroxylation is 1. The van der Waals surface area contributed by atoms with E-state index < -0.39 is 6.36 Å². The minimum atomic E-state index is -4.69. The molecule has 1 aromatic carbocycles. The zero-order chi connectivity index (χ0) is 14.8. The Labute approximate surface area is 114 Å². The zero-order valence-electron chi connectivity index (χ0n) is 11.0. The van der Waals surface area contributed by atoms with E-state index in [4.69, 9.17) is 0 Å². The summed E-state index contributed by atoms with van der Waals surface area (Å²) in [6, 6.07) is 7.49. The number of anilines is 1. The quantitative estimate of drug-likeness (QED) is 0.934. The van der Waals surface area contributed by atoms with Crippen molar-refractivity contribution in [3.63, 3.8) is 0 Å². The Balaban J connectivity index is 2.10. The van der Waals surface area contributed by atoms with Gasteiger partial charge in [-0.2, -0.15) is 5.10 Å². The van der Waals surface area contributed by atoms with Crippen molar-refractivity contribution in [1.29, 1.82) is 0 Å². The van der Waals surface area contributed by atoms with E-state index in [9.17, 15) is 13.2 Å². The van der Waals surface area contributed by atoms with E-state index in [0.29, 0.717) is 5.69 Å². The average Bonchev–Trinajstić information content (AvgIpc) is 2.73. The van der Waals surface area contributed by atoms with Crippen LogP contribution in [0.1, 0.15) is 18.7 Å². The molecule has 108 valence electrons. The number of ether oxygens (including phenoxy) is 1. The van der Waals surface area contributed by atoms with Gasteiger partial charge in [-0.3, -0.25) is 4.68 Å². The molecule has 4 nitrogen and oxygen atoms in total. The maximum absolute atomic E-state index is 12.2. The van der Waals surface area contributed by atoms with Crippen LogP contribution < -0.4 is 10.1 Å². The third kappa shape index (κ3) is 3.66. The first kappa shape index (κ1) is 14.2. The number of halogens is 3. The van der Waals surface area contributed by atoms with Gasteiger partial charge in [0, 0.05) is 25.0 Å². The number of benzene rings is 1. The van der Waals surface area contributed by atoms with E-state index in [1.165, 1.54) is 18.2 Å². The van der Waals surface area contributed by atoms with Crippen molar-refractivity contribution < 1.29 is 17.9 Å². The minimum Gasteiger partial charge on any atom is -0.406 e. The Morgan fingerprint density at radius 2 is 2.05 bits per heavy atom. The molecule has 1 aromatic heterocycles. The molecule has 2 aromatic rings. The lowest BCUT2D eigenvalue weighted by Gasteiger charge is -2.16. The van der Waals surface area contributed by atoms with E-state index in [2.05, 4.69) is 15.2 Å². The van der Waals surface area contributed by atoms with Gasteiger partial charge in [0.2, 0.25) is 0 Å². The van der Waals surface area contributed by atoms with Crippen LogP contribution in [0.25, 0.3) is 0 Å². The van der Waals surface area contributed by atoms with Crippen molar-refractivity contribution in [2.75, 3.05) is 5.32 Å². The Bertz CT molecular complexity index is 580. The molecule has 0 bridgehead atoms. The van der Waals surface area contributed by atoms with Gasteiger partial charge in [-0.25, -0.2) is 0 Å². The highest BCUT2D eigenvalue weighted by Gasteiger charge is 2.31. The van der Waals surface area contributed by atoms with Gasteiger partial charge in [-0.05, 0) is 25.1 Å². The lowest BCUT2D eigenvalue weighted by atomic mass is 10.2. The summed E-state index contributed by atoms with van der Waals surface area (Å²) in [5, 5.41) is 7.15. The fourth-order valence-corrected chi connectivity index (χ4v) is 1.92. The smallest absolute Gasteiger partial charge is 0.406 e. The number of alkyl halides is 3. The summed E-state index contributed by atoms with van der Waals surface area (Å²) in [5.74, 6) is -0.250. The molecule has 0 aliphatic carbocycles. The minimum absolute atomic E-state index is 0.0939. The fraction of sp³-hybridized carbons (Fsp3) is 0.308. The normalized spacial score (nSPS) is 13.1. The zero-order valence-corrected chi connectivity index (χ0v) is 11.0. The van der Waals surface area contributed by atoms with Gasteiger partial charge in [0.05, 0.1) is 11.7 Å². The SMILES string of the molecule is CC(Nc1cccc(OC(F)(F)F)c1)c1ccnn1C. The Kier molecular flexibility index (Phi) is 3.87. The molecule has 1 atom stereocenters. The Morgan fingerprint density at radius 3 is 2.65 bits per heavy atom. The molecule has 0 aliphatic rings. The molecule has 7 heteroatoms. The number of nitrogens with zero attached hydrogens (tertiary/aromatic N) is 2. The number of hydrogen-bond donors (Lipinski definition) is 1. The highest BCUT2D eigenvalue weighted by atomic mass is 19.4. The second-order valence-corrected chi connectivity index (χ2v) is 4.32. The first-order valence-electron chi connectivity index (χ1n) is 5.95. The van der Waals surface area contributed by atoms with Crippen molar-refractivity contribution in [1.82, 2.24) is 9.78 Å². The Morgan fingerprint density at radius 1 is 1.30 bits per heavy atom. The summed E-state index contributed by atoms with van der Waals surface area (Å²) in [6.07, 6.45) is -3.02. The molecule has 0 aliphatic heterocycles. The van der Waals surface area contributed by atoms with Crippen LogP contribution >= 0.6 is 0 Å². The molecule has 0 saturated carbocycles. The van der Waals surface area contributed by atoms with Crippen LogP contribution in [-0.2, 0) is 7.05 Å². The molecule has 2 rings (SSSR count). The van der Waals surface area contributed by atoms with Gasteiger partial charge < -0.3 is 10.1 Å². The number of hydrogen-bond acceptors (Lipinski definition) is 3. The lowest BCUT2D eigenvalue weighted by Crippen LogP contribution is -2.17. The van der Waals surface area contributed by atoms with Gasteiger partial charge in [-0.1, -0.05) is 6.07 Å². The van der Waals surface area contributed by atoms with Gasteiger partial charge >= 0.3 is 6.36 Å². The van der Waals surface area contributed by atoms with E-state index in [1.54, 1.807) is 24.0 Å². The second-order valence-electron chi connectivity index (χ2n) is 4.32. The molecule has 0 fully saturated rings. The summed E-state index contributed by atoms with van der Waals surface area (Å²) in [6.45, 7) is 1.90. The van der Waals surface area contributed by atoms with Crippen molar-refractivity contribution in [3.05, 3.63) is 42.2 Å². The highest BCUT2D eigenvalue weighted by molar-refractivity contribution is 5.49. The van der Waals surface area contributed by atoms with E-state index in [-0.39, 0.29) is 11.8 Å². The average molecular weight is 285 g/mol. The summed E-state index contributed by atoms with van der Waals surface area (Å²) >= 11 is 0. The van der Waals surface area contributed by atoms with Gasteiger partial charge in [0.15, 0.2) is 0 Å². The van der Waals surface area contributed by atoms with Crippen molar-refractivity contribution in [2.24, 2.45) is 7.05 Å². The van der Waals surface area contributed by atoms with E-state index in [1.807, 2.05) is 13.0 Å². The third-order valence-electron chi connectivity index (χ3n) is 2.75. The van der Waals surface area contributed by atoms with Crippen LogP contribution in [0.15, 0.2) is 36.5 Å². The number of rotatable bonds is 4. The largest absolute Gasteiger partial charge is 0.573 e. The molecule has 0 spiro atoms. The van der Waals surface area contributed by atoms with Crippen molar-refractivity contribution in [2.45, 2.75) is 19.3 Å². The van der Waals surface area contributed by atoms with E-state index >= 15 is 0 Å². The number of aromatic nitrogens is 2.